The van der Waals surface area contributed by atoms with E-state index in [-0.39, 0.29) is 16.7 Å². The van der Waals surface area contributed by atoms with Crippen molar-refractivity contribution < 1.29 is 24.7 Å². The van der Waals surface area contributed by atoms with Gasteiger partial charge in [-0.05, 0) is 18.6 Å². The summed E-state index contributed by atoms with van der Waals surface area (Å²) < 4.78 is 3.81. The summed E-state index contributed by atoms with van der Waals surface area (Å²) in [5.74, 6) is -2.56. The van der Waals surface area contributed by atoms with E-state index in [4.69, 9.17) is 5.73 Å². The van der Waals surface area contributed by atoms with Crippen molar-refractivity contribution in [3.05, 3.63) is 39.3 Å². The second-order valence-corrected chi connectivity index (χ2v) is 9.35. The number of nitrogens with one attached hydrogen (secondary N) is 1. The number of β-lactam (4-membered cyclic amide) rings is 1. The topological polar surface area (TPSA) is 184 Å². The number of oxime groups is 1. The molecular formula is C17H15N7O5S3. The SMILES string of the molecule is Cc1ncsc1C=CC1=C(C(=O)O)N2C(=O)C(NC(=O)C(=NO)c3nsc(N)n3)[C@@H]2SC1. The number of nitrogens with zero attached hydrogens (tertiary/aromatic N) is 5. The summed E-state index contributed by atoms with van der Waals surface area (Å²) in [5, 5.41) is 23.7. The van der Waals surface area contributed by atoms with E-state index in [1.165, 1.54) is 23.1 Å². The van der Waals surface area contributed by atoms with E-state index in [1.54, 1.807) is 17.7 Å². The number of aromatic nitrogens is 3. The second kappa shape index (κ2) is 8.68. The van der Waals surface area contributed by atoms with Crippen LogP contribution in [0.2, 0.25) is 0 Å². The number of amides is 2. The molecule has 32 heavy (non-hydrogen) atoms. The number of hydrogen-bond acceptors (Lipinski definition) is 12. The van der Waals surface area contributed by atoms with Crippen LogP contribution in [-0.2, 0) is 14.4 Å². The number of thioether (sulfide) groups is 1. The van der Waals surface area contributed by atoms with Crippen molar-refractivity contribution in [1.29, 1.82) is 0 Å². The van der Waals surface area contributed by atoms with Crippen LogP contribution >= 0.6 is 34.6 Å². The number of nitrogens with two attached hydrogens (primary N) is 1. The molecule has 0 spiro atoms. The Hall–Kier alpha value is -3.30. The Morgan fingerprint density at radius 1 is 1.41 bits per heavy atom. The van der Waals surface area contributed by atoms with Gasteiger partial charge in [0.05, 0.1) is 11.2 Å². The van der Waals surface area contributed by atoms with E-state index < -0.39 is 34.9 Å². The summed E-state index contributed by atoms with van der Waals surface area (Å²) in [6, 6.07) is -0.996. The quantitative estimate of drug-likeness (QED) is 0.191. The highest BCUT2D eigenvalue weighted by Crippen LogP contribution is 2.41. The molecule has 0 aromatic carbocycles. The molecule has 0 radical (unpaired) electrons. The highest BCUT2D eigenvalue weighted by molar-refractivity contribution is 8.00. The summed E-state index contributed by atoms with van der Waals surface area (Å²) >= 11 is 3.55. The van der Waals surface area contributed by atoms with E-state index >= 15 is 0 Å². The molecule has 2 amide bonds. The molecule has 15 heteroatoms. The summed E-state index contributed by atoms with van der Waals surface area (Å²) in [7, 11) is 0. The first-order chi connectivity index (χ1) is 15.3. The summed E-state index contributed by atoms with van der Waals surface area (Å²) in [6.07, 6.45) is 3.44. The van der Waals surface area contributed by atoms with E-state index in [9.17, 15) is 24.7 Å². The molecule has 0 aliphatic carbocycles. The zero-order chi connectivity index (χ0) is 23.0. The fourth-order valence-corrected chi connectivity index (χ4v) is 5.60. The fraction of sp³-hybridized carbons (Fsp3) is 0.235. The molecule has 2 aliphatic heterocycles. The van der Waals surface area contributed by atoms with Crippen molar-refractivity contribution in [3.63, 3.8) is 0 Å². The van der Waals surface area contributed by atoms with Gasteiger partial charge in [-0.1, -0.05) is 11.2 Å². The molecule has 1 fully saturated rings. The van der Waals surface area contributed by atoms with Crippen LogP contribution in [0.4, 0.5) is 5.13 Å². The van der Waals surface area contributed by atoms with Crippen LogP contribution in [-0.4, -0.2) is 70.2 Å². The molecule has 2 atom stereocenters. The number of carbonyl (C=O) groups excluding carboxylic acids is 2. The Morgan fingerprint density at radius 2 is 2.19 bits per heavy atom. The van der Waals surface area contributed by atoms with Crippen molar-refractivity contribution in [2.24, 2.45) is 5.16 Å². The maximum atomic E-state index is 12.7. The minimum atomic E-state index is -1.24. The average molecular weight is 494 g/mol. The van der Waals surface area contributed by atoms with E-state index in [0.717, 1.165) is 27.0 Å². The number of fused-ring (bicyclic) bond motifs is 1. The zero-order valence-electron chi connectivity index (χ0n) is 16.3. The lowest BCUT2D eigenvalue weighted by Gasteiger charge is -2.49. The lowest BCUT2D eigenvalue weighted by atomic mass is 10.0. The van der Waals surface area contributed by atoms with Crippen molar-refractivity contribution in [1.82, 2.24) is 24.6 Å². The van der Waals surface area contributed by atoms with Gasteiger partial charge in [-0.2, -0.15) is 9.36 Å². The van der Waals surface area contributed by atoms with Gasteiger partial charge in [0.1, 0.15) is 17.1 Å². The number of hydrogen-bond donors (Lipinski definition) is 4. The minimum absolute atomic E-state index is 0.0769. The largest absolute Gasteiger partial charge is 0.477 e. The maximum absolute atomic E-state index is 12.7. The van der Waals surface area contributed by atoms with E-state index in [1.807, 2.05) is 6.92 Å². The maximum Gasteiger partial charge on any atom is 0.352 e. The first-order valence-electron chi connectivity index (χ1n) is 8.93. The molecule has 0 saturated carbocycles. The molecule has 4 heterocycles. The fourth-order valence-electron chi connectivity index (χ4n) is 3.15. The van der Waals surface area contributed by atoms with Crippen LogP contribution in [0.5, 0.6) is 0 Å². The smallest absolute Gasteiger partial charge is 0.352 e. The van der Waals surface area contributed by atoms with Gasteiger partial charge in [0.25, 0.3) is 11.8 Å². The lowest BCUT2D eigenvalue weighted by Crippen LogP contribution is -2.71. The van der Waals surface area contributed by atoms with Crippen molar-refractivity contribution in [2.45, 2.75) is 18.3 Å². The van der Waals surface area contributed by atoms with Crippen LogP contribution in [0.25, 0.3) is 6.08 Å². The Labute approximate surface area is 192 Å². The van der Waals surface area contributed by atoms with Gasteiger partial charge in [0.2, 0.25) is 11.5 Å². The highest BCUT2D eigenvalue weighted by atomic mass is 32.2. The van der Waals surface area contributed by atoms with Crippen LogP contribution in [0.3, 0.4) is 0 Å². The standard InChI is InChI=1S/C17H15N7O5S3/c1-6-8(31-5-19-6)3-2-7-4-30-15-10(14(26)24(15)11(7)16(27)28)20-13(25)9(22-29)12-21-17(18)32-23-12/h2-3,5,10,15,29H,4H2,1H3,(H,20,25)(H,27,28)(H2,18,21,23)/t10?,15-/m0/s1. The summed E-state index contributed by atoms with van der Waals surface area (Å²) in [4.78, 5) is 47.2. The molecule has 4 rings (SSSR count). The zero-order valence-corrected chi connectivity index (χ0v) is 18.7. The molecule has 12 nitrogen and oxygen atoms in total. The number of nitrogen functional groups attached to an aromatic ring is 1. The number of carboxylic acids is 1. The number of thiazole rings is 1. The van der Waals surface area contributed by atoms with Gasteiger partial charge in [-0.3, -0.25) is 14.5 Å². The predicted octanol–water partition coefficient (Wildman–Crippen LogP) is 0.516. The van der Waals surface area contributed by atoms with Crippen LogP contribution in [0.15, 0.2) is 28.0 Å². The van der Waals surface area contributed by atoms with Gasteiger partial charge in [-0.25, -0.2) is 9.78 Å². The van der Waals surface area contributed by atoms with E-state index in [0.29, 0.717) is 11.3 Å². The van der Waals surface area contributed by atoms with Gasteiger partial charge >= 0.3 is 5.97 Å². The molecule has 1 unspecified atom stereocenters. The summed E-state index contributed by atoms with van der Waals surface area (Å²) in [5.41, 5.74) is 7.85. The molecule has 5 N–H and O–H groups in total. The Morgan fingerprint density at radius 3 is 2.78 bits per heavy atom. The molecule has 2 aromatic rings. The van der Waals surface area contributed by atoms with Crippen molar-refractivity contribution >= 4 is 69.3 Å². The average Bonchev–Trinajstić information content (AvgIpc) is 3.37. The monoisotopic (exact) mass is 493 g/mol. The number of aryl methyl sites for hydroxylation is 1. The number of carbonyl (C=O) groups is 3. The Balaban J connectivity index is 1.53. The van der Waals surface area contributed by atoms with Crippen molar-refractivity contribution in [3.8, 4) is 0 Å². The molecular weight excluding hydrogens is 478 g/mol. The summed E-state index contributed by atoms with van der Waals surface area (Å²) in [6.45, 7) is 1.85. The number of aliphatic carboxylic acids is 1. The van der Waals surface area contributed by atoms with Gasteiger partial charge < -0.3 is 21.4 Å². The Bertz CT molecular complexity index is 1200. The van der Waals surface area contributed by atoms with Crippen LogP contribution in [0.1, 0.15) is 16.4 Å². The lowest BCUT2D eigenvalue weighted by molar-refractivity contribution is -0.150. The third-order valence-electron chi connectivity index (χ3n) is 4.67. The molecule has 2 aromatic heterocycles. The molecule has 2 aliphatic rings. The molecule has 166 valence electrons. The second-order valence-electron chi connectivity index (χ2n) is 6.58. The number of allylic oxidation sites excluding steroid dienone is 1. The highest BCUT2D eigenvalue weighted by Gasteiger charge is 2.54. The predicted molar refractivity (Wildman–Crippen MR) is 118 cm³/mol. The van der Waals surface area contributed by atoms with Crippen LogP contribution < -0.4 is 11.1 Å². The minimum Gasteiger partial charge on any atom is -0.477 e. The van der Waals surface area contributed by atoms with Crippen molar-refractivity contribution in [2.75, 3.05) is 11.5 Å². The van der Waals surface area contributed by atoms with Crippen LogP contribution in [0, 0.1) is 6.92 Å². The van der Waals surface area contributed by atoms with Gasteiger partial charge in [0, 0.05) is 22.2 Å². The number of anilines is 1. The Kier molecular flexibility index (Phi) is 5.94. The third-order valence-corrected chi connectivity index (χ3v) is 7.42. The molecule has 1 saturated heterocycles. The first-order valence-corrected chi connectivity index (χ1v) is 11.6. The first kappa shape index (κ1) is 21.9. The normalized spacial score (nSPS) is 21.0. The number of rotatable bonds is 6. The van der Waals surface area contributed by atoms with E-state index in [2.05, 4.69) is 24.8 Å². The van der Waals surface area contributed by atoms with Gasteiger partial charge in [-0.15, -0.1) is 23.1 Å². The molecule has 0 bridgehead atoms. The third kappa shape index (κ3) is 3.85. The number of carboxylic acid groups (broad SMARTS) is 1. The van der Waals surface area contributed by atoms with Gasteiger partial charge in [0.15, 0.2) is 5.13 Å².